The van der Waals surface area contributed by atoms with E-state index in [2.05, 4.69) is 24.8 Å². The molecular formula is C21H25NO2. The number of nitrogens with zero attached hydrogens (tertiary/aromatic N) is 1. The van der Waals surface area contributed by atoms with Crippen LogP contribution in [0.2, 0.25) is 0 Å². The first-order chi connectivity index (χ1) is 11.5. The van der Waals surface area contributed by atoms with Crippen molar-refractivity contribution in [2.45, 2.75) is 38.1 Å². The number of rotatable bonds is 4. The van der Waals surface area contributed by atoms with Crippen LogP contribution in [0.15, 0.2) is 54.6 Å². The van der Waals surface area contributed by atoms with Crippen molar-refractivity contribution in [1.29, 1.82) is 0 Å². The van der Waals surface area contributed by atoms with Gasteiger partial charge in [0.1, 0.15) is 5.75 Å². The van der Waals surface area contributed by atoms with Gasteiger partial charge in [-0.1, -0.05) is 49.4 Å². The van der Waals surface area contributed by atoms with Gasteiger partial charge in [0, 0.05) is 17.0 Å². The summed E-state index contributed by atoms with van der Waals surface area (Å²) in [6.45, 7) is 5.82. The van der Waals surface area contributed by atoms with Gasteiger partial charge in [-0.3, -0.25) is 9.69 Å². The number of carbonyl (C=O) groups excluding carboxylic acids is 1. The summed E-state index contributed by atoms with van der Waals surface area (Å²) in [5, 5.41) is 9.84. The monoisotopic (exact) mass is 323 g/mol. The first-order valence-electron chi connectivity index (χ1n) is 8.62. The summed E-state index contributed by atoms with van der Waals surface area (Å²) in [5.74, 6) is 0.473. The number of hydrogen-bond acceptors (Lipinski definition) is 3. The van der Waals surface area contributed by atoms with E-state index in [-0.39, 0.29) is 17.2 Å². The second-order valence-corrected chi connectivity index (χ2v) is 7.01. The fraction of sp³-hybridized carbons (Fsp3) is 0.381. The third-order valence-corrected chi connectivity index (χ3v) is 5.56. The Morgan fingerprint density at radius 2 is 1.96 bits per heavy atom. The van der Waals surface area contributed by atoms with Crippen LogP contribution < -0.4 is 0 Å². The van der Waals surface area contributed by atoms with Crippen molar-refractivity contribution < 1.29 is 9.90 Å². The molecule has 1 N–H and O–H groups in total. The van der Waals surface area contributed by atoms with E-state index in [0.717, 1.165) is 30.5 Å². The zero-order valence-corrected chi connectivity index (χ0v) is 14.4. The lowest BCUT2D eigenvalue weighted by Crippen LogP contribution is -2.53. The highest BCUT2D eigenvalue weighted by Gasteiger charge is 2.40. The highest BCUT2D eigenvalue weighted by Crippen LogP contribution is 2.39. The minimum absolute atomic E-state index is 0.0615. The van der Waals surface area contributed by atoms with Crippen LogP contribution >= 0.6 is 0 Å². The SMILES string of the molecule is C[C@@H]1N(CC(=O)c2ccccc2)CCC[C@@]1(C)c1cccc(O)c1. The second-order valence-electron chi connectivity index (χ2n) is 7.01. The van der Waals surface area contributed by atoms with Crippen molar-refractivity contribution in [3.05, 3.63) is 65.7 Å². The smallest absolute Gasteiger partial charge is 0.176 e. The maximum absolute atomic E-state index is 12.6. The first kappa shape index (κ1) is 16.7. The van der Waals surface area contributed by atoms with Crippen molar-refractivity contribution in [3.63, 3.8) is 0 Å². The van der Waals surface area contributed by atoms with Gasteiger partial charge in [-0.25, -0.2) is 0 Å². The molecule has 1 heterocycles. The Morgan fingerprint density at radius 3 is 2.67 bits per heavy atom. The Morgan fingerprint density at radius 1 is 1.21 bits per heavy atom. The number of likely N-dealkylation sites (tertiary alicyclic amines) is 1. The van der Waals surface area contributed by atoms with Crippen molar-refractivity contribution >= 4 is 5.78 Å². The molecule has 0 spiro atoms. The van der Waals surface area contributed by atoms with Gasteiger partial charge in [-0.15, -0.1) is 0 Å². The molecule has 3 nitrogen and oxygen atoms in total. The second kappa shape index (κ2) is 6.78. The Kier molecular flexibility index (Phi) is 4.72. The lowest BCUT2D eigenvalue weighted by molar-refractivity contribution is 0.0687. The van der Waals surface area contributed by atoms with Crippen LogP contribution in [-0.4, -0.2) is 34.9 Å². The molecule has 24 heavy (non-hydrogen) atoms. The Balaban J connectivity index is 1.80. The summed E-state index contributed by atoms with van der Waals surface area (Å²) in [6, 6.07) is 17.3. The largest absolute Gasteiger partial charge is 0.508 e. The quantitative estimate of drug-likeness (QED) is 0.864. The molecule has 0 radical (unpaired) electrons. The van der Waals surface area contributed by atoms with Gasteiger partial charge < -0.3 is 5.11 Å². The topological polar surface area (TPSA) is 40.5 Å². The third kappa shape index (κ3) is 3.22. The maximum Gasteiger partial charge on any atom is 0.176 e. The van der Waals surface area contributed by atoms with Gasteiger partial charge in [0.25, 0.3) is 0 Å². The number of piperidine rings is 1. The summed E-state index contributed by atoms with van der Waals surface area (Å²) < 4.78 is 0. The fourth-order valence-electron chi connectivity index (χ4n) is 3.82. The summed E-state index contributed by atoms with van der Waals surface area (Å²) in [4.78, 5) is 14.9. The van der Waals surface area contributed by atoms with Gasteiger partial charge in [-0.2, -0.15) is 0 Å². The molecule has 1 aliphatic rings. The van der Waals surface area contributed by atoms with E-state index in [9.17, 15) is 9.90 Å². The third-order valence-electron chi connectivity index (χ3n) is 5.56. The lowest BCUT2D eigenvalue weighted by atomic mass is 9.70. The van der Waals surface area contributed by atoms with E-state index in [1.807, 2.05) is 42.5 Å². The van der Waals surface area contributed by atoms with Crippen molar-refractivity contribution in [1.82, 2.24) is 4.90 Å². The van der Waals surface area contributed by atoms with Gasteiger partial charge in [0.2, 0.25) is 0 Å². The molecule has 3 heteroatoms. The highest BCUT2D eigenvalue weighted by molar-refractivity contribution is 5.97. The molecule has 1 saturated heterocycles. The molecular weight excluding hydrogens is 298 g/mol. The molecule has 1 aliphatic heterocycles. The van der Waals surface area contributed by atoms with E-state index in [1.54, 1.807) is 6.07 Å². The predicted octanol–water partition coefficient (Wildman–Crippen LogP) is 4.02. The highest BCUT2D eigenvalue weighted by atomic mass is 16.3. The predicted molar refractivity (Wildman–Crippen MR) is 96.5 cm³/mol. The van der Waals surface area contributed by atoms with Crippen LogP contribution in [0.5, 0.6) is 5.75 Å². The normalized spacial score (nSPS) is 24.7. The number of Topliss-reactive ketones (excluding diaryl/α,β-unsaturated/α-hetero) is 1. The number of benzene rings is 2. The molecule has 0 amide bonds. The van der Waals surface area contributed by atoms with Crippen molar-refractivity contribution in [3.8, 4) is 5.75 Å². The lowest BCUT2D eigenvalue weighted by Gasteiger charge is -2.47. The summed E-state index contributed by atoms with van der Waals surface area (Å²) in [5.41, 5.74) is 1.86. The molecule has 0 aromatic heterocycles. The standard InChI is InChI=1S/C21H25NO2/c1-16-21(2,18-10-6-11-19(23)14-18)12-7-13-22(16)15-20(24)17-8-4-3-5-9-17/h3-6,8-11,14,16,23H,7,12-13,15H2,1-2H3/t16-,21+/m0/s1. The van der Waals surface area contributed by atoms with Gasteiger partial charge in [0.15, 0.2) is 5.78 Å². The van der Waals surface area contributed by atoms with E-state index in [0.29, 0.717) is 12.3 Å². The molecule has 0 saturated carbocycles. The van der Waals surface area contributed by atoms with Crippen LogP contribution in [0.1, 0.15) is 42.6 Å². The van der Waals surface area contributed by atoms with E-state index in [4.69, 9.17) is 0 Å². The zero-order valence-electron chi connectivity index (χ0n) is 14.4. The molecule has 0 aliphatic carbocycles. The van der Waals surface area contributed by atoms with Crippen LogP contribution in [0.25, 0.3) is 0 Å². The molecule has 0 bridgehead atoms. The van der Waals surface area contributed by atoms with Gasteiger partial charge >= 0.3 is 0 Å². The average molecular weight is 323 g/mol. The summed E-state index contributed by atoms with van der Waals surface area (Å²) in [7, 11) is 0. The first-order valence-corrected chi connectivity index (χ1v) is 8.62. The average Bonchev–Trinajstić information content (AvgIpc) is 2.60. The Labute approximate surface area is 143 Å². The maximum atomic E-state index is 12.6. The van der Waals surface area contributed by atoms with Crippen LogP contribution in [0.4, 0.5) is 0 Å². The van der Waals surface area contributed by atoms with Crippen LogP contribution in [-0.2, 0) is 5.41 Å². The zero-order chi connectivity index (χ0) is 17.2. The van der Waals surface area contributed by atoms with Crippen LogP contribution in [0, 0.1) is 0 Å². The summed E-state index contributed by atoms with van der Waals surface area (Å²) >= 11 is 0. The number of phenolic OH excluding ortho intramolecular Hbond substituents is 1. The number of carbonyl (C=O) groups is 1. The van der Waals surface area contributed by atoms with Crippen molar-refractivity contribution in [2.75, 3.05) is 13.1 Å². The molecule has 126 valence electrons. The van der Waals surface area contributed by atoms with E-state index >= 15 is 0 Å². The molecule has 3 rings (SSSR count). The van der Waals surface area contributed by atoms with Gasteiger partial charge in [0.05, 0.1) is 6.54 Å². The molecule has 2 atom stereocenters. The molecule has 0 unspecified atom stereocenters. The molecule has 1 fully saturated rings. The van der Waals surface area contributed by atoms with E-state index < -0.39 is 0 Å². The number of ketones is 1. The number of hydrogen-bond donors (Lipinski definition) is 1. The minimum Gasteiger partial charge on any atom is -0.508 e. The Bertz CT molecular complexity index is 713. The fourth-order valence-corrected chi connectivity index (χ4v) is 3.82. The molecule has 2 aromatic carbocycles. The van der Waals surface area contributed by atoms with Gasteiger partial charge in [-0.05, 0) is 44.0 Å². The molecule has 2 aromatic rings. The number of phenols is 1. The summed E-state index contributed by atoms with van der Waals surface area (Å²) in [6.07, 6.45) is 2.12. The minimum atomic E-state index is -0.0615. The van der Waals surface area contributed by atoms with Crippen molar-refractivity contribution in [2.24, 2.45) is 0 Å². The Hall–Kier alpha value is -2.13. The number of aromatic hydroxyl groups is 1. The van der Waals surface area contributed by atoms with Crippen LogP contribution in [0.3, 0.4) is 0 Å². The van der Waals surface area contributed by atoms with E-state index in [1.165, 1.54) is 0 Å².